The summed E-state index contributed by atoms with van der Waals surface area (Å²) < 4.78 is 16.2. The summed E-state index contributed by atoms with van der Waals surface area (Å²) in [4.78, 5) is 39.8. The second-order valence-electron chi connectivity index (χ2n) is 9.18. The molecule has 1 saturated heterocycles. The van der Waals surface area contributed by atoms with E-state index < -0.39 is 17.8 Å². The highest BCUT2D eigenvalue weighted by atomic mass is 19.1. The molecule has 7 heteroatoms. The fourth-order valence-corrected chi connectivity index (χ4v) is 4.57. The molecule has 0 aliphatic carbocycles. The number of anilines is 1. The van der Waals surface area contributed by atoms with E-state index in [1.54, 1.807) is 36.5 Å². The van der Waals surface area contributed by atoms with E-state index in [9.17, 15) is 18.8 Å². The van der Waals surface area contributed by atoms with Gasteiger partial charge in [0.2, 0.25) is 0 Å². The lowest BCUT2D eigenvalue weighted by molar-refractivity contribution is -0.122. The maximum Gasteiger partial charge on any atom is 0.335 e. The van der Waals surface area contributed by atoms with Crippen molar-refractivity contribution in [2.75, 3.05) is 4.90 Å². The van der Waals surface area contributed by atoms with Gasteiger partial charge in [-0.3, -0.25) is 14.9 Å². The molecule has 1 atom stereocenters. The van der Waals surface area contributed by atoms with Gasteiger partial charge in [0.15, 0.2) is 0 Å². The topological polar surface area (TPSA) is 71.4 Å². The van der Waals surface area contributed by atoms with E-state index in [1.165, 1.54) is 12.1 Å². The SMILES string of the molecule is CCC(C)c1ccc(N2C(=O)NC(=O)/C(=C/c3cn(Cc4ccccc4F)c4ccccc34)C2=O)cc1. The molecule has 1 aliphatic heterocycles. The molecule has 3 aromatic carbocycles. The molecule has 1 N–H and O–H groups in total. The van der Waals surface area contributed by atoms with E-state index >= 15 is 0 Å². The third kappa shape index (κ3) is 4.56. The van der Waals surface area contributed by atoms with Gasteiger partial charge in [-0.2, -0.15) is 0 Å². The molecule has 186 valence electrons. The van der Waals surface area contributed by atoms with E-state index in [4.69, 9.17) is 0 Å². The molecule has 0 saturated carbocycles. The predicted octanol–water partition coefficient (Wildman–Crippen LogP) is 6.01. The van der Waals surface area contributed by atoms with Gasteiger partial charge in [0.25, 0.3) is 11.8 Å². The highest BCUT2D eigenvalue weighted by molar-refractivity contribution is 6.39. The zero-order valence-corrected chi connectivity index (χ0v) is 20.6. The van der Waals surface area contributed by atoms with Crippen molar-refractivity contribution >= 4 is 40.5 Å². The summed E-state index contributed by atoms with van der Waals surface area (Å²) in [5.41, 5.74) is 3.30. The highest BCUT2D eigenvalue weighted by Gasteiger charge is 2.37. The van der Waals surface area contributed by atoms with E-state index in [0.717, 1.165) is 27.8 Å². The van der Waals surface area contributed by atoms with Gasteiger partial charge in [0, 0.05) is 28.2 Å². The van der Waals surface area contributed by atoms with Crippen molar-refractivity contribution in [1.29, 1.82) is 0 Å². The number of barbiturate groups is 1. The van der Waals surface area contributed by atoms with Crippen molar-refractivity contribution in [2.45, 2.75) is 32.7 Å². The Morgan fingerprint density at radius 1 is 0.946 bits per heavy atom. The summed E-state index contributed by atoms with van der Waals surface area (Å²) >= 11 is 0. The van der Waals surface area contributed by atoms with Gasteiger partial charge in [-0.05, 0) is 48.2 Å². The molecule has 0 spiro atoms. The third-order valence-electron chi connectivity index (χ3n) is 6.85. The Balaban J connectivity index is 1.53. The maximum absolute atomic E-state index is 14.3. The van der Waals surface area contributed by atoms with Gasteiger partial charge in [-0.25, -0.2) is 14.1 Å². The van der Waals surface area contributed by atoms with Crippen LogP contribution in [0.25, 0.3) is 17.0 Å². The van der Waals surface area contributed by atoms with Crippen LogP contribution in [0.4, 0.5) is 14.9 Å². The van der Waals surface area contributed by atoms with E-state index in [2.05, 4.69) is 19.2 Å². The molecule has 6 nitrogen and oxygen atoms in total. The summed E-state index contributed by atoms with van der Waals surface area (Å²) in [6, 6.07) is 20.5. The molecule has 1 aliphatic rings. The number of amides is 4. The van der Waals surface area contributed by atoms with E-state index in [0.29, 0.717) is 22.7 Å². The standard InChI is InChI=1S/C30H26FN3O3/c1-3-19(2)20-12-14-23(15-13-20)34-29(36)25(28(35)32-30(34)37)16-22-18-33(27-11-7-5-9-24(22)27)17-21-8-4-6-10-26(21)31/h4-16,18-19H,3,17H2,1-2H3,(H,32,35,37)/b25-16-. The Labute approximate surface area is 214 Å². The molecular weight excluding hydrogens is 469 g/mol. The summed E-state index contributed by atoms with van der Waals surface area (Å²) in [5.74, 6) is -1.42. The average Bonchev–Trinajstić information content (AvgIpc) is 3.25. The number of carbonyl (C=O) groups excluding carboxylic acids is 3. The van der Waals surface area contributed by atoms with Crippen LogP contribution >= 0.6 is 0 Å². The number of nitrogens with one attached hydrogen (secondary N) is 1. The van der Waals surface area contributed by atoms with Gasteiger partial charge < -0.3 is 4.57 Å². The number of carbonyl (C=O) groups is 3. The van der Waals surface area contributed by atoms with Crippen LogP contribution in [-0.4, -0.2) is 22.4 Å². The first-order chi connectivity index (χ1) is 17.9. The van der Waals surface area contributed by atoms with Crippen LogP contribution in [0.2, 0.25) is 0 Å². The minimum Gasteiger partial charge on any atom is -0.342 e. The number of nitrogens with zero attached hydrogens (tertiary/aromatic N) is 2. The Kier molecular flexibility index (Phi) is 6.44. The molecule has 0 bridgehead atoms. The number of imide groups is 2. The fraction of sp³-hybridized carbons (Fsp3) is 0.167. The Hall–Kier alpha value is -4.52. The summed E-state index contributed by atoms with van der Waals surface area (Å²) in [6.07, 6.45) is 4.24. The minimum atomic E-state index is -0.787. The van der Waals surface area contributed by atoms with E-state index in [-0.39, 0.29) is 17.9 Å². The first-order valence-corrected chi connectivity index (χ1v) is 12.2. The number of fused-ring (bicyclic) bond motifs is 1. The second-order valence-corrected chi connectivity index (χ2v) is 9.18. The van der Waals surface area contributed by atoms with Crippen molar-refractivity contribution in [3.63, 3.8) is 0 Å². The van der Waals surface area contributed by atoms with Crippen molar-refractivity contribution in [3.8, 4) is 0 Å². The largest absolute Gasteiger partial charge is 0.342 e. The number of hydrogen-bond acceptors (Lipinski definition) is 3. The van der Waals surface area contributed by atoms with E-state index in [1.807, 2.05) is 41.0 Å². The van der Waals surface area contributed by atoms with Crippen molar-refractivity contribution in [1.82, 2.24) is 9.88 Å². The number of urea groups is 1. The number of rotatable bonds is 6. The third-order valence-corrected chi connectivity index (χ3v) is 6.85. The zero-order valence-electron chi connectivity index (χ0n) is 20.6. The quantitative estimate of drug-likeness (QED) is 0.263. The van der Waals surface area contributed by atoms with Gasteiger partial charge in [0.1, 0.15) is 11.4 Å². The van der Waals surface area contributed by atoms with Crippen LogP contribution in [0.15, 0.2) is 84.6 Å². The monoisotopic (exact) mass is 495 g/mol. The summed E-state index contributed by atoms with van der Waals surface area (Å²) in [6.45, 7) is 4.48. The molecular formula is C30H26FN3O3. The average molecular weight is 496 g/mol. The lowest BCUT2D eigenvalue weighted by Crippen LogP contribution is -2.54. The first kappa shape index (κ1) is 24.2. The van der Waals surface area contributed by atoms with Crippen LogP contribution in [0.3, 0.4) is 0 Å². The second kappa shape index (κ2) is 9.85. The normalized spacial score (nSPS) is 15.9. The predicted molar refractivity (Wildman–Crippen MR) is 142 cm³/mol. The number of para-hydroxylation sites is 1. The lowest BCUT2D eigenvalue weighted by atomic mass is 9.98. The zero-order chi connectivity index (χ0) is 26.1. The Morgan fingerprint density at radius 3 is 2.38 bits per heavy atom. The molecule has 1 fully saturated rings. The maximum atomic E-state index is 14.3. The first-order valence-electron chi connectivity index (χ1n) is 12.2. The van der Waals surface area contributed by atoms with Crippen LogP contribution in [0.5, 0.6) is 0 Å². The molecule has 2 heterocycles. The Bertz CT molecular complexity index is 1550. The number of hydrogen-bond donors (Lipinski definition) is 1. The fourth-order valence-electron chi connectivity index (χ4n) is 4.57. The minimum absolute atomic E-state index is 0.153. The number of aromatic nitrogens is 1. The van der Waals surface area contributed by atoms with Crippen molar-refractivity contribution in [2.24, 2.45) is 0 Å². The number of halogens is 1. The highest BCUT2D eigenvalue weighted by Crippen LogP contribution is 2.28. The van der Waals surface area contributed by atoms with Gasteiger partial charge >= 0.3 is 6.03 Å². The van der Waals surface area contributed by atoms with Crippen LogP contribution in [0.1, 0.15) is 42.9 Å². The smallest absolute Gasteiger partial charge is 0.335 e. The van der Waals surface area contributed by atoms with Crippen molar-refractivity contribution < 1.29 is 18.8 Å². The lowest BCUT2D eigenvalue weighted by Gasteiger charge is -2.26. The van der Waals surface area contributed by atoms with Gasteiger partial charge in [-0.1, -0.05) is 62.4 Å². The molecule has 1 aromatic heterocycles. The molecule has 4 aromatic rings. The van der Waals surface area contributed by atoms with Gasteiger partial charge in [-0.15, -0.1) is 0 Å². The summed E-state index contributed by atoms with van der Waals surface area (Å²) in [7, 11) is 0. The molecule has 5 rings (SSSR count). The molecule has 0 radical (unpaired) electrons. The van der Waals surface area contributed by atoms with Crippen LogP contribution in [-0.2, 0) is 16.1 Å². The summed E-state index contributed by atoms with van der Waals surface area (Å²) in [5, 5.41) is 3.08. The molecule has 37 heavy (non-hydrogen) atoms. The van der Waals surface area contributed by atoms with Crippen molar-refractivity contribution in [3.05, 3.63) is 107 Å². The van der Waals surface area contributed by atoms with Crippen LogP contribution < -0.4 is 10.2 Å². The van der Waals surface area contributed by atoms with Crippen LogP contribution in [0, 0.1) is 5.82 Å². The van der Waals surface area contributed by atoms with Gasteiger partial charge in [0.05, 0.1) is 12.2 Å². The molecule has 4 amide bonds. The molecule has 1 unspecified atom stereocenters. The Morgan fingerprint density at radius 2 is 1.65 bits per heavy atom. The number of benzene rings is 3.